The Morgan fingerprint density at radius 3 is 2.42 bits per heavy atom. The Morgan fingerprint density at radius 2 is 2.00 bits per heavy atom. The molecule has 19 heavy (non-hydrogen) atoms. The molecule has 1 fully saturated rings. The molecule has 0 spiro atoms. The first-order valence-corrected chi connectivity index (χ1v) is 7.55. The minimum Gasteiger partial charge on any atom is -0.394 e. The predicted molar refractivity (Wildman–Crippen MR) is 81.5 cm³/mol. The van der Waals surface area contributed by atoms with E-state index >= 15 is 0 Å². The zero-order valence-corrected chi connectivity index (χ0v) is 13.6. The molecule has 1 saturated heterocycles. The second kappa shape index (κ2) is 7.02. The van der Waals surface area contributed by atoms with Crippen molar-refractivity contribution in [2.24, 2.45) is 5.92 Å². The van der Waals surface area contributed by atoms with Crippen molar-refractivity contribution >= 4 is 0 Å². The van der Waals surface area contributed by atoms with Crippen LogP contribution in [0.3, 0.4) is 0 Å². The Bertz CT molecular complexity index is 270. The Morgan fingerprint density at radius 1 is 1.37 bits per heavy atom. The summed E-state index contributed by atoms with van der Waals surface area (Å²) in [6.07, 6.45) is 0.995. The molecule has 1 aliphatic heterocycles. The van der Waals surface area contributed by atoms with E-state index in [0.717, 1.165) is 25.4 Å². The van der Waals surface area contributed by atoms with Gasteiger partial charge in [-0.2, -0.15) is 0 Å². The van der Waals surface area contributed by atoms with Gasteiger partial charge in [-0.1, -0.05) is 20.8 Å². The molecule has 0 saturated carbocycles. The number of aliphatic hydroxyl groups is 1. The largest absolute Gasteiger partial charge is 0.394 e. The number of likely N-dealkylation sites (tertiary alicyclic amines) is 1. The van der Waals surface area contributed by atoms with Gasteiger partial charge in [0.25, 0.3) is 0 Å². The van der Waals surface area contributed by atoms with Crippen LogP contribution in [0.1, 0.15) is 34.1 Å². The lowest BCUT2D eigenvalue weighted by Crippen LogP contribution is -2.50. The Balaban J connectivity index is 2.44. The van der Waals surface area contributed by atoms with E-state index in [1.54, 1.807) is 0 Å². The minimum absolute atomic E-state index is 0.159. The van der Waals surface area contributed by atoms with E-state index < -0.39 is 0 Å². The number of likely N-dealkylation sites (N-methyl/N-ethyl adjacent to an activating group) is 1. The molecular formula is C15H33N3O. The second-order valence-electron chi connectivity index (χ2n) is 7.04. The van der Waals surface area contributed by atoms with Crippen molar-refractivity contribution < 1.29 is 5.11 Å². The summed E-state index contributed by atoms with van der Waals surface area (Å²) in [5, 5.41) is 13.1. The highest BCUT2D eigenvalue weighted by molar-refractivity contribution is 4.90. The standard InChI is InChI=1S/C15H33N3O/c1-12(2)16-15(4,11-19)7-8-18-9-13(3)14(10-18)17(5)6/h12-14,16,19H,7-11H2,1-6H3. The van der Waals surface area contributed by atoms with Gasteiger partial charge in [0, 0.05) is 37.3 Å². The maximum atomic E-state index is 9.61. The van der Waals surface area contributed by atoms with E-state index in [2.05, 4.69) is 56.9 Å². The highest BCUT2D eigenvalue weighted by atomic mass is 16.3. The van der Waals surface area contributed by atoms with E-state index in [1.807, 2.05) is 0 Å². The van der Waals surface area contributed by atoms with Crippen LogP contribution in [0, 0.1) is 5.92 Å². The van der Waals surface area contributed by atoms with Crippen molar-refractivity contribution in [3.8, 4) is 0 Å². The molecule has 0 aromatic rings. The highest BCUT2D eigenvalue weighted by Crippen LogP contribution is 2.21. The third-order valence-electron chi connectivity index (χ3n) is 4.28. The maximum absolute atomic E-state index is 9.61. The molecule has 0 aromatic heterocycles. The van der Waals surface area contributed by atoms with Crippen molar-refractivity contribution in [2.45, 2.75) is 51.7 Å². The van der Waals surface area contributed by atoms with Crippen molar-refractivity contribution in [3.63, 3.8) is 0 Å². The zero-order chi connectivity index (χ0) is 14.6. The van der Waals surface area contributed by atoms with Crippen LogP contribution < -0.4 is 5.32 Å². The van der Waals surface area contributed by atoms with Crippen molar-refractivity contribution in [2.75, 3.05) is 40.3 Å². The Hall–Kier alpha value is -0.160. The van der Waals surface area contributed by atoms with Gasteiger partial charge in [-0.3, -0.25) is 0 Å². The molecule has 1 heterocycles. The first kappa shape index (κ1) is 16.9. The number of nitrogens with zero attached hydrogens (tertiary/aromatic N) is 2. The molecule has 2 N–H and O–H groups in total. The van der Waals surface area contributed by atoms with E-state index in [0.29, 0.717) is 12.1 Å². The van der Waals surface area contributed by atoms with Gasteiger partial charge in [0.15, 0.2) is 0 Å². The minimum atomic E-state index is -0.159. The van der Waals surface area contributed by atoms with Crippen LogP contribution in [0.15, 0.2) is 0 Å². The lowest BCUT2D eigenvalue weighted by molar-refractivity contribution is 0.141. The molecule has 1 rings (SSSR count). The first-order valence-electron chi connectivity index (χ1n) is 7.55. The quantitative estimate of drug-likeness (QED) is 0.725. The van der Waals surface area contributed by atoms with Crippen LogP contribution in [0.5, 0.6) is 0 Å². The van der Waals surface area contributed by atoms with Gasteiger partial charge in [0.05, 0.1) is 6.61 Å². The number of hydrogen-bond donors (Lipinski definition) is 2. The maximum Gasteiger partial charge on any atom is 0.0611 e. The Kier molecular flexibility index (Phi) is 6.24. The molecule has 0 bridgehead atoms. The fourth-order valence-corrected chi connectivity index (χ4v) is 3.20. The van der Waals surface area contributed by atoms with Gasteiger partial charge >= 0.3 is 0 Å². The molecule has 4 nitrogen and oxygen atoms in total. The zero-order valence-electron chi connectivity index (χ0n) is 13.6. The topological polar surface area (TPSA) is 38.7 Å². The van der Waals surface area contributed by atoms with Crippen LogP contribution in [-0.2, 0) is 0 Å². The fourth-order valence-electron chi connectivity index (χ4n) is 3.20. The second-order valence-corrected chi connectivity index (χ2v) is 7.04. The summed E-state index contributed by atoms with van der Waals surface area (Å²) in [5.41, 5.74) is -0.159. The molecule has 114 valence electrons. The first-order chi connectivity index (χ1) is 8.77. The summed E-state index contributed by atoms with van der Waals surface area (Å²) in [6.45, 7) is 12.3. The predicted octanol–water partition coefficient (Wildman–Crippen LogP) is 1.01. The summed E-state index contributed by atoms with van der Waals surface area (Å²) >= 11 is 0. The monoisotopic (exact) mass is 271 g/mol. The van der Waals surface area contributed by atoms with E-state index in [1.165, 1.54) is 6.54 Å². The number of rotatable bonds is 7. The lowest BCUT2D eigenvalue weighted by atomic mass is 9.97. The van der Waals surface area contributed by atoms with Gasteiger partial charge < -0.3 is 20.2 Å². The molecule has 0 aliphatic carbocycles. The van der Waals surface area contributed by atoms with Crippen molar-refractivity contribution in [3.05, 3.63) is 0 Å². The van der Waals surface area contributed by atoms with Crippen molar-refractivity contribution in [1.82, 2.24) is 15.1 Å². The van der Waals surface area contributed by atoms with E-state index in [-0.39, 0.29) is 12.1 Å². The summed E-state index contributed by atoms with van der Waals surface area (Å²) < 4.78 is 0. The molecular weight excluding hydrogens is 238 g/mol. The van der Waals surface area contributed by atoms with E-state index in [4.69, 9.17) is 0 Å². The smallest absolute Gasteiger partial charge is 0.0611 e. The van der Waals surface area contributed by atoms with Crippen LogP contribution >= 0.6 is 0 Å². The van der Waals surface area contributed by atoms with E-state index in [9.17, 15) is 5.11 Å². The summed E-state index contributed by atoms with van der Waals surface area (Å²) in [4.78, 5) is 4.87. The Labute approximate surface area is 119 Å². The third-order valence-corrected chi connectivity index (χ3v) is 4.28. The van der Waals surface area contributed by atoms with Gasteiger partial charge in [-0.25, -0.2) is 0 Å². The van der Waals surface area contributed by atoms with Gasteiger partial charge in [0.2, 0.25) is 0 Å². The SMILES string of the molecule is CC(C)NC(C)(CO)CCN1CC(C)C(N(C)C)C1. The van der Waals surface area contributed by atoms with Gasteiger partial charge in [0.1, 0.15) is 0 Å². The third kappa shape index (κ3) is 5.03. The summed E-state index contributed by atoms with van der Waals surface area (Å²) in [7, 11) is 4.34. The molecule has 3 unspecified atom stereocenters. The average molecular weight is 271 g/mol. The fraction of sp³-hybridized carbons (Fsp3) is 1.00. The normalized spacial score (nSPS) is 28.3. The lowest BCUT2D eigenvalue weighted by Gasteiger charge is -2.33. The number of aliphatic hydroxyl groups excluding tert-OH is 1. The molecule has 0 aromatic carbocycles. The average Bonchev–Trinajstić information content (AvgIpc) is 2.67. The molecule has 4 heteroatoms. The molecule has 0 amide bonds. The number of nitrogens with one attached hydrogen (secondary N) is 1. The van der Waals surface area contributed by atoms with Gasteiger partial charge in [-0.05, 0) is 33.4 Å². The molecule has 0 radical (unpaired) electrons. The highest BCUT2D eigenvalue weighted by Gasteiger charge is 2.32. The van der Waals surface area contributed by atoms with Crippen LogP contribution in [0.4, 0.5) is 0 Å². The van der Waals surface area contributed by atoms with Crippen LogP contribution in [0.2, 0.25) is 0 Å². The number of hydrogen-bond acceptors (Lipinski definition) is 4. The summed E-state index contributed by atoms with van der Waals surface area (Å²) in [6, 6.07) is 1.07. The van der Waals surface area contributed by atoms with Crippen LogP contribution in [0.25, 0.3) is 0 Å². The van der Waals surface area contributed by atoms with Crippen molar-refractivity contribution in [1.29, 1.82) is 0 Å². The molecule has 1 aliphatic rings. The summed E-state index contributed by atoms with van der Waals surface area (Å²) in [5.74, 6) is 0.730. The van der Waals surface area contributed by atoms with Gasteiger partial charge in [-0.15, -0.1) is 0 Å². The molecule has 3 atom stereocenters. The van der Waals surface area contributed by atoms with Crippen LogP contribution in [-0.4, -0.2) is 72.9 Å².